The number of halogens is 1. The number of carbonyl (C=O) groups excluding carboxylic acids is 1. The number of aromatic nitrogens is 3. The molecule has 1 fully saturated rings. The minimum Gasteiger partial charge on any atom is -0.340 e. The number of hydrogen-bond acceptors (Lipinski definition) is 6. The van der Waals surface area contributed by atoms with Crippen molar-refractivity contribution in [3.05, 3.63) is 87.3 Å². The SMILES string of the molecule is CC[C@@H](C(=O)N1CCN(Cc2cc(=O)n3nc(-c4ccccc4Cl)sc3n2)CC1)c1ccccc1. The van der Waals surface area contributed by atoms with E-state index in [0.29, 0.717) is 40.3 Å². The smallest absolute Gasteiger partial charge is 0.275 e. The summed E-state index contributed by atoms with van der Waals surface area (Å²) in [6.07, 6.45) is 0.780. The average molecular weight is 508 g/mol. The molecule has 5 rings (SSSR count). The maximum Gasteiger partial charge on any atom is 0.275 e. The Morgan fingerprint density at radius 2 is 1.77 bits per heavy atom. The van der Waals surface area contributed by atoms with Gasteiger partial charge in [0, 0.05) is 44.4 Å². The van der Waals surface area contributed by atoms with Gasteiger partial charge in [0.2, 0.25) is 10.9 Å². The van der Waals surface area contributed by atoms with E-state index < -0.39 is 0 Å². The molecular formula is C26H26ClN5O2S. The quantitative estimate of drug-likeness (QED) is 0.389. The summed E-state index contributed by atoms with van der Waals surface area (Å²) in [6, 6.07) is 19.0. The summed E-state index contributed by atoms with van der Waals surface area (Å²) in [6.45, 7) is 5.43. The summed E-state index contributed by atoms with van der Waals surface area (Å²) in [5.74, 6) is 0.0819. The molecule has 1 aliphatic rings. The number of piperazine rings is 1. The topological polar surface area (TPSA) is 70.8 Å². The second-order valence-corrected chi connectivity index (χ2v) is 10.0. The van der Waals surface area contributed by atoms with Gasteiger partial charge >= 0.3 is 0 Å². The first-order chi connectivity index (χ1) is 17.0. The van der Waals surface area contributed by atoms with Gasteiger partial charge in [-0.15, -0.1) is 0 Å². The van der Waals surface area contributed by atoms with E-state index in [4.69, 9.17) is 16.6 Å². The lowest BCUT2D eigenvalue weighted by Gasteiger charge is -2.36. The van der Waals surface area contributed by atoms with Crippen molar-refractivity contribution < 1.29 is 4.79 Å². The molecule has 2 aromatic heterocycles. The van der Waals surface area contributed by atoms with E-state index in [1.807, 2.05) is 53.4 Å². The van der Waals surface area contributed by atoms with Gasteiger partial charge in [0.1, 0.15) is 5.01 Å². The molecule has 0 spiro atoms. The Kier molecular flexibility index (Phi) is 6.95. The van der Waals surface area contributed by atoms with Crippen LogP contribution in [-0.4, -0.2) is 56.5 Å². The van der Waals surface area contributed by atoms with Crippen LogP contribution in [0.2, 0.25) is 5.02 Å². The zero-order valence-corrected chi connectivity index (χ0v) is 21.0. The molecule has 0 N–H and O–H groups in total. The third-order valence-electron chi connectivity index (χ3n) is 6.38. The molecule has 0 aliphatic carbocycles. The van der Waals surface area contributed by atoms with Crippen molar-refractivity contribution in [3.63, 3.8) is 0 Å². The predicted molar refractivity (Wildman–Crippen MR) is 139 cm³/mol. The van der Waals surface area contributed by atoms with Crippen LogP contribution < -0.4 is 5.56 Å². The van der Waals surface area contributed by atoms with Gasteiger partial charge in [-0.2, -0.15) is 9.61 Å². The van der Waals surface area contributed by atoms with Gasteiger partial charge in [0.15, 0.2) is 0 Å². The Balaban J connectivity index is 1.26. The molecule has 0 saturated carbocycles. The third-order valence-corrected chi connectivity index (χ3v) is 7.65. The van der Waals surface area contributed by atoms with E-state index in [1.165, 1.54) is 15.9 Å². The predicted octanol–water partition coefficient (Wildman–Crippen LogP) is 4.31. The molecule has 7 nitrogen and oxygen atoms in total. The minimum atomic E-state index is -0.206. The fraction of sp³-hybridized carbons (Fsp3) is 0.308. The fourth-order valence-electron chi connectivity index (χ4n) is 4.49. The number of amides is 1. The van der Waals surface area contributed by atoms with Crippen LogP contribution >= 0.6 is 22.9 Å². The molecule has 0 radical (unpaired) electrons. The molecule has 0 unspecified atom stereocenters. The van der Waals surface area contributed by atoms with Crippen LogP contribution in [0.5, 0.6) is 0 Å². The van der Waals surface area contributed by atoms with Crippen molar-refractivity contribution in [2.45, 2.75) is 25.8 Å². The Morgan fingerprint density at radius 1 is 1.06 bits per heavy atom. The molecular weight excluding hydrogens is 482 g/mol. The molecule has 3 heterocycles. The van der Waals surface area contributed by atoms with Crippen molar-refractivity contribution in [3.8, 4) is 10.6 Å². The number of rotatable bonds is 6. The zero-order valence-electron chi connectivity index (χ0n) is 19.4. The Bertz CT molecular complexity index is 1400. The monoisotopic (exact) mass is 507 g/mol. The van der Waals surface area contributed by atoms with Gasteiger partial charge in [0.25, 0.3) is 5.56 Å². The minimum absolute atomic E-state index is 0.106. The largest absolute Gasteiger partial charge is 0.340 e. The summed E-state index contributed by atoms with van der Waals surface area (Å²) in [4.78, 5) is 35.3. The van der Waals surface area contributed by atoms with Crippen LogP contribution in [0.4, 0.5) is 0 Å². The molecule has 4 aromatic rings. The lowest BCUT2D eigenvalue weighted by atomic mass is 9.95. The molecule has 0 bridgehead atoms. The lowest BCUT2D eigenvalue weighted by molar-refractivity contribution is -0.134. The molecule has 1 saturated heterocycles. The van der Waals surface area contributed by atoms with E-state index >= 15 is 0 Å². The number of carbonyl (C=O) groups is 1. The summed E-state index contributed by atoms with van der Waals surface area (Å²) >= 11 is 7.66. The molecule has 1 atom stereocenters. The van der Waals surface area contributed by atoms with Gasteiger partial charge in [-0.05, 0) is 18.1 Å². The van der Waals surface area contributed by atoms with Crippen molar-refractivity contribution >= 4 is 33.8 Å². The highest BCUT2D eigenvalue weighted by Crippen LogP contribution is 2.30. The van der Waals surface area contributed by atoms with Crippen LogP contribution in [0, 0.1) is 0 Å². The molecule has 9 heteroatoms. The van der Waals surface area contributed by atoms with Crippen LogP contribution in [-0.2, 0) is 11.3 Å². The van der Waals surface area contributed by atoms with Crippen LogP contribution in [0.15, 0.2) is 65.5 Å². The number of hydrogen-bond donors (Lipinski definition) is 0. The van der Waals surface area contributed by atoms with Gasteiger partial charge < -0.3 is 4.90 Å². The van der Waals surface area contributed by atoms with E-state index in [-0.39, 0.29) is 17.4 Å². The van der Waals surface area contributed by atoms with Crippen molar-refractivity contribution in [1.29, 1.82) is 0 Å². The first-order valence-electron chi connectivity index (χ1n) is 11.7. The van der Waals surface area contributed by atoms with Crippen molar-refractivity contribution in [1.82, 2.24) is 24.4 Å². The zero-order chi connectivity index (χ0) is 24.4. The first-order valence-corrected chi connectivity index (χ1v) is 12.9. The van der Waals surface area contributed by atoms with E-state index in [9.17, 15) is 9.59 Å². The van der Waals surface area contributed by atoms with Crippen molar-refractivity contribution in [2.75, 3.05) is 26.2 Å². The summed E-state index contributed by atoms with van der Waals surface area (Å²) in [5, 5.41) is 5.68. The van der Waals surface area contributed by atoms with Gasteiger partial charge in [0.05, 0.1) is 16.6 Å². The second kappa shape index (κ2) is 10.3. The molecule has 1 amide bonds. The highest BCUT2D eigenvalue weighted by molar-refractivity contribution is 7.19. The van der Waals surface area contributed by atoms with E-state index in [0.717, 1.165) is 30.6 Å². The normalized spacial score (nSPS) is 15.4. The molecule has 2 aromatic carbocycles. The van der Waals surface area contributed by atoms with Gasteiger partial charge in [-0.25, -0.2) is 4.98 Å². The third kappa shape index (κ3) is 5.00. The second-order valence-electron chi connectivity index (χ2n) is 8.64. The van der Waals surface area contributed by atoms with E-state index in [1.54, 1.807) is 12.1 Å². The highest BCUT2D eigenvalue weighted by atomic mass is 35.5. The van der Waals surface area contributed by atoms with Gasteiger partial charge in [-0.1, -0.05) is 78.4 Å². The lowest BCUT2D eigenvalue weighted by Crippen LogP contribution is -2.49. The number of benzene rings is 2. The van der Waals surface area contributed by atoms with Crippen molar-refractivity contribution in [2.24, 2.45) is 0 Å². The Labute approximate surface area is 212 Å². The molecule has 35 heavy (non-hydrogen) atoms. The standard InChI is InChI=1S/C26H26ClN5O2S/c1-2-20(18-8-4-3-5-9-18)25(34)31-14-12-30(13-15-31)17-19-16-23(33)32-26(28-19)35-24(29-32)21-10-6-7-11-22(21)27/h3-11,16,20H,2,12-15,17H2,1H3/t20-/m1/s1. The Hall–Kier alpha value is -3.07. The summed E-state index contributed by atoms with van der Waals surface area (Å²) in [7, 11) is 0. The highest BCUT2D eigenvalue weighted by Gasteiger charge is 2.27. The molecule has 180 valence electrons. The number of nitrogens with zero attached hydrogens (tertiary/aromatic N) is 5. The first kappa shape index (κ1) is 23.7. The average Bonchev–Trinajstić information content (AvgIpc) is 3.30. The molecule has 1 aliphatic heterocycles. The summed E-state index contributed by atoms with van der Waals surface area (Å²) < 4.78 is 1.33. The van der Waals surface area contributed by atoms with E-state index in [2.05, 4.69) is 16.9 Å². The van der Waals surface area contributed by atoms with Crippen LogP contribution in [0.1, 0.15) is 30.5 Å². The van der Waals surface area contributed by atoms with Crippen LogP contribution in [0.25, 0.3) is 15.5 Å². The van der Waals surface area contributed by atoms with Crippen LogP contribution in [0.3, 0.4) is 0 Å². The van der Waals surface area contributed by atoms with Gasteiger partial charge in [-0.3, -0.25) is 14.5 Å². The summed E-state index contributed by atoms with van der Waals surface area (Å²) in [5.41, 5.74) is 2.36. The fourth-order valence-corrected chi connectivity index (χ4v) is 5.74. The maximum atomic E-state index is 13.2. The Morgan fingerprint density at radius 3 is 2.49 bits per heavy atom. The maximum absolute atomic E-state index is 13.2. The number of fused-ring (bicyclic) bond motifs is 1.